The maximum Gasteiger partial charge on any atom is 0.411 e. The molecule has 3 nitrogen and oxygen atoms in total. The molecule has 1 aliphatic rings. The average Bonchev–Trinajstić information content (AvgIpc) is 2.13. The van der Waals surface area contributed by atoms with Gasteiger partial charge < -0.3 is 4.74 Å². The molecule has 0 aromatic rings. The van der Waals surface area contributed by atoms with Crippen molar-refractivity contribution >= 4 is 6.09 Å². The zero-order valence-electron chi connectivity index (χ0n) is 10.0. The van der Waals surface area contributed by atoms with Gasteiger partial charge in [-0.1, -0.05) is 12.2 Å². The Labute approximate surface area is 98.2 Å². The maximum atomic E-state index is 12.7. The molecule has 17 heavy (non-hydrogen) atoms. The fourth-order valence-electron chi connectivity index (χ4n) is 1.50. The molecule has 98 valence electrons. The third-order valence-electron chi connectivity index (χ3n) is 2.21. The second-order valence-electron chi connectivity index (χ2n) is 4.90. The van der Waals surface area contributed by atoms with Gasteiger partial charge in [0.2, 0.25) is 0 Å². The summed E-state index contributed by atoms with van der Waals surface area (Å²) in [6, 6.07) is -1.79. The number of carbonyl (C=O) groups is 1. The summed E-state index contributed by atoms with van der Waals surface area (Å²) in [5.41, 5.74) is -0.797. The lowest BCUT2D eigenvalue weighted by Crippen LogP contribution is -2.51. The highest BCUT2D eigenvalue weighted by atomic mass is 19.4. The van der Waals surface area contributed by atoms with Crippen LogP contribution in [0.2, 0.25) is 0 Å². The van der Waals surface area contributed by atoms with Crippen LogP contribution in [0.1, 0.15) is 27.2 Å². The third-order valence-corrected chi connectivity index (χ3v) is 2.21. The smallest absolute Gasteiger partial charge is 0.411 e. The molecule has 0 N–H and O–H groups in total. The van der Waals surface area contributed by atoms with Gasteiger partial charge in [0, 0.05) is 6.54 Å². The summed E-state index contributed by atoms with van der Waals surface area (Å²) in [6.45, 7) is 4.78. The number of rotatable bonds is 0. The molecule has 1 atom stereocenters. The zero-order chi connectivity index (χ0) is 13.3. The van der Waals surface area contributed by atoms with Gasteiger partial charge in [0.25, 0.3) is 0 Å². The number of amides is 1. The molecule has 0 saturated carbocycles. The van der Waals surface area contributed by atoms with E-state index < -0.39 is 23.9 Å². The number of hydrogen-bond acceptors (Lipinski definition) is 2. The standard InChI is InChI=1S/C11H16F3NO2/c1-10(2,3)17-9(16)15-7-5-4-6-8(15)11(12,13)14/h4-5,8H,6-7H2,1-3H3. The largest absolute Gasteiger partial charge is 0.444 e. The topological polar surface area (TPSA) is 29.5 Å². The lowest BCUT2D eigenvalue weighted by Gasteiger charge is -2.35. The Morgan fingerprint density at radius 1 is 1.29 bits per heavy atom. The van der Waals surface area contributed by atoms with E-state index in [1.165, 1.54) is 12.2 Å². The van der Waals surface area contributed by atoms with Gasteiger partial charge in [0.05, 0.1) is 0 Å². The monoisotopic (exact) mass is 251 g/mol. The summed E-state index contributed by atoms with van der Waals surface area (Å²) in [4.78, 5) is 12.4. The van der Waals surface area contributed by atoms with Crippen molar-refractivity contribution in [1.29, 1.82) is 0 Å². The van der Waals surface area contributed by atoms with Crippen molar-refractivity contribution in [3.8, 4) is 0 Å². The summed E-state index contributed by atoms with van der Waals surface area (Å²) in [7, 11) is 0. The highest BCUT2D eigenvalue weighted by Gasteiger charge is 2.46. The van der Waals surface area contributed by atoms with Crippen LogP contribution in [0.25, 0.3) is 0 Å². The molecule has 0 spiro atoms. The number of halogens is 3. The van der Waals surface area contributed by atoms with E-state index in [2.05, 4.69) is 0 Å². The van der Waals surface area contributed by atoms with E-state index in [0.29, 0.717) is 4.90 Å². The number of carbonyl (C=O) groups excluding carboxylic acids is 1. The Morgan fingerprint density at radius 3 is 2.35 bits per heavy atom. The first kappa shape index (κ1) is 13.9. The molecular weight excluding hydrogens is 235 g/mol. The average molecular weight is 251 g/mol. The van der Waals surface area contributed by atoms with Crippen LogP contribution in [0.15, 0.2) is 12.2 Å². The number of hydrogen-bond donors (Lipinski definition) is 0. The normalized spacial score (nSPS) is 21.5. The van der Waals surface area contributed by atoms with Crippen LogP contribution in [0.3, 0.4) is 0 Å². The van der Waals surface area contributed by atoms with Crippen molar-refractivity contribution < 1.29 is 22.7 Å². The molecule has 0 saturated heterocycles. The first-order valence-electron chi connectivity index (χ1n) is 5.32. The summed E-state index contributed by atoms with van der Waals surface area (Å²) >= 11 is 0. The van der Waals surface area contributed by atoms with E-state index in [1.54, 1.807) is 20.8 Å². The quantitative estimate of drug-likeness (QED) is 0.619. The first-order valence-corrected chi connectivity index (χ1v) is 5.32. The van der Waals surface area contributed by atoms with Crippen LogP contribution in [-0.4, -0.2) is 35.4 Å². The van der Waals surface area contributed by atoms with Crippen LogP contribution in [-0.2, 0) is 4.74 Å². The van der Waals surface area contributed by atoms with E-state index in [-0.39, 0.29) is 13.0 Å². The van der Waals surface area contributed by atoms with Gasteiger partial charge in [-0.05, 0) is 27.2 Å². The lowest BCUT2D eigenvalue weighted by atomic mass is 10.1. The van der Waals surface area contributed by atoms with Crippen LogP contribution >= 0.6 is 0 Å². The van der Waals surface area contributed by atoms with E-state index in [4.69, 9.17) is 4.74 Å². The van der Waals surface area contributed by atoms with Crippen LogP contribution in [0.5, 0.6) is 0 Å². The molecule has 1 unspecified atom stereocenters. The predicted octanol–water partition coefficient (Wildman–Crippen LogP) is 3.11. The van der Waals surface area contributed by atoms with Crippen molar-refractivity contribution in [2.45, 2.75) is 45.0 Å². The van der Waals surface area contributed by atoms with Crippen molar-refractivity contribution in [1.82, 2.24) is 4.90 Å². The van der Waals surface area contributed by atoms with Crippen LogP contribution in [0, 0.1) is 0 Å². The third kappa shape index (κ3) is 3.94. The van der Waals surface area contributed by atoms with E-state index in [9.17, 15) is 18.0 Å². The van der Waals surface area contributed by atoms with Crippen LogP contribution < -0.4 is 0 Å². The molecule has 1 amide bonds. The Bertz CT molecular complexity index is 318. The molecule has 0 aromatic heterocycles. The fraction of sp³-hybridized carbons (Fsp3) is 0.727. The molecule has 0 aromatic carbocycles. The molecule has 6 heteroatoms. The minimum absolute atomic E-state index is 0.0703. The fourth-order valence-corrected chi connectivity index (χ4v) is 1.50. The number of alkyl halides is 3. The van der Waals surface area contributed by atoms with Crippen LogP contribution in [0.4, 0.5) is 18.0 Å². The minimum atomic E-state index is -4.43. The summed E-state index contributed by atoms with van der Waals surface area (Å²) < 4.78 is 43.1. The molecule has 1 heterocycles. The Kier molecular flexibility index (Phi) is 3.74. The first-order chi connectivity index (χ1) is 7.61. The molecule has 1 aliphatic heterocycles. The van der Waals surface area contributed by atoms with Crippen molar-refractivity contribution in [3.05, 3.63) is 12.2 Å². The number of ether oxygens (including phenoxy) is 1. The maximum absolute atomic E-state index is 12.7. The lowest BCUT2D eigenvalue weighted by molar-refractivity contribution is -0.179. The Hall–Kier alpha value is -1.20. The van der Waals surface area contributed by atoms with Gasteiger partial charge in [-0.15, -0.1) is 0 Å². The van der Waals surface area contributed by atoms with E-state index in [0.717, 1.165) is 0 Å². The minimum Gasteiger partial charge on any atom is -0.444 e. The SMILES string of the molecule is CC(C)(C)OC(=O)N1CC=CCC1C(F)(F)F. The molecule has 0 bridgehead atoms. The Balaban J connectivity index is 2.80. The Morgan fingerprint density at radius 2 is 1.88 bits per heavy atom. The highest BCUT2D eigenvalue weighted by Crippen LogP contribution is 2.30. The van der Waals surface area contributed by atoms with Gasteiger partial charge in [-0.2, -0.15) is 13.2 Å². The summed E-state index contributed by atoms with van der Waals surface area (Å²) in [6.07, 6.45) is -2.61. The molecule has 1 rings (SSSR count). The predicted molar refractivity (Wildman–Crippen MR) is 56.5 cm³/mol. The van der Waals surface area contributed by atoms with E-state index >= 15 is 0 Å². The summed E-state index contributed by atoms with van der Waals surface area (Å²) in [5.74, 6) is 0. The van der Waals surface area contributed by atoms with Gasteiger partial charge in [-0.25, -0.2) is 4.79 Å². The van der Waals surface area contributed by atoms with Crippen molar-refractivity contribution in [2.75, 3.05) is 6.54 Å². The molecule has 0 fully saturated rings. The molecule has 0 radical (unpaired) electrons. The molecule has 0 aliphatic carbocycles. The second kappa shape index (κ2) is 4.58. The van der Waals surface area contributed by atoms with Gasteiger partial charge in [-0.3, -0.25) is 4.90 Å². The summed E-state index contributed by atoms with van der Waals surface area (Å²) in [5, 5.41) is 0. The van der Waals surface area contributed by atoms with Crippen molar-refractivity contribution in [3.63, 3.8) is 0 Å². The zero-order valence-corrected chi connectivity index (χ0v) is 10.0. The number of nitrogens with zero attached hydrogens (tertiary/aromatic N) is 1. The highest BCUT2D eigenvalue weighted by molar-refractivity contribution is 5.69. The van der Waals surface area contributed by atoms with Crippen molar-refractivity contribution in [2.24, 2.45) is 0 Å². The second-order valence-corrected chi connectivity index (χ2v) is 4.90. The van der Waals surface area contributed by atoms with Gasteiger partial charge in [0.1, 0.15) is 11.6 Å². The van der Waals surface area contributed by atoms with E-state index in [1.807, 2.05) is 0 Å². The van der Waals surface area contributed by atoms with Gasteiger partial charge >= 0.3 is 12.3 Å². The van der Waals surface area contributed by atoms with Gasteiger partial charge in [0.15, 0.2) is 0 Å². The molecular formula is C11H16F3NO2.